The predicted octanol–water partition coefficient (Wildman–Crippen LogP) is 7.26. The first-order valence-electron chi connectivity index (χ1n) is 13.9. The lowest BCUT2D eigenvalue weighted by atomic mass is 10.0. The van der Waals surface area contributed by atoms with Crippen LogP contribution in [0.25, 0.3) is 21.9 Å². The molecule has 0 unspecified atom stereocenters. The Balaban J connectivity index is 1.19. The first kappa shape index (κ1) is 26.6. The third-order valence-electron chi connectivity index (χ3n) is 7.19. The van der Waals surface area contributed by atoms with Crippen molar-refractivity contribution in [3.63, 3.8) is 0 Å². The summed E-state index contributed by atoms with van der Waals surface area (Å²) in [4.78, 5) is 15.8. The Bertz CT molecular complexity index is 1630. The molecule has 5 aromatic rings. The first-order valence-corrected chi connectivity index (χ1v) is 13.9. The SMILES string of the molecule is O=C(Nc1ccc(OCCN2CCOCC2)c2ccccc12)c1cccc(-c2ccccc2Oc2ccccc2)c1. The van der Waals surface area contributed by atoms with Crippen LogP contribution in [-0.2, 0) is 4.74 Å². The van der Waals surface area contributed by atoms with E-state index in [1.54, 1.807) is 0 Å². The summed E-state index contributed by atoms with van der Waals surface area (Å²) in [7, 11) is 0. The lowest BCUT2D eigenvalue weighted by Crippen LogP contribution is -2.38. The van der Waals surface area contributed by atoms with E-state index in [-0.39, 0.29) is 5.91 Å². The minimum Gasteiger partial charge on any atom is -0.492 e. The van der Waals surface area contributed by atoms with Crippen LogP contribution < -0.4 is 14.8 Å². The second-order valence-corrected chi connectivity index (χ2v) is 9.91. The summed E-state index contributed by atoms with van der Waals surface area (Å²) in [5, 5.41) is 5.02. The molecule has 0 atom stereocenters. The van der Waals surface area contributed by atoms with Gasteiger partial charge in [-0.15, -0.1) is 0 Å². The number of rotatable bonds is 9. The number of para-hydroxylation sites is 2. The molecule has 6 heteroatoms. The molecule has 1 N–H and O–H groups in total. The number of hydrogen-bond donors (Lipinski definition) is 1. The lowest BCUT2D eigenvalue weighted by Gasteiger charge is -2.26. The highest BCUT2D eigenvalue weighted by atomic mass is 16.5. The van der Waals surface area contributed by atoms with Gasteiger partial charge in [0.1, 0.15) is 23.9 Å². The van der Waals surface area contributed by atoms with Gasteiger partial charge >= 0.3 is 0 Å². The van der Waals surface area contributed by atoms with Gasteiger partial charge < -0.3 is 19.5 Å². The molecule has 1 amide bonds. The van der Waals surface area contributed by atoms with Crippen LogP contribution in [-0.4, -0.2) is 50.3 Å². The van der Waals surface area contributed by atoms with E-state index in [0.29, 0.717) is 12.2 Å². The summed E-state index contributed by atoms with van der Waals surface area (Å²) in [6.07, 6.45) is 0. The van der Waals surface area contributed by atoms with Gasteiger partial charge in [-0.25, -0.2) is 0 Å². The number of carbonyl (C=O) groups is 1. The summed E-state index contributed by atoms with van der Waals surface area (Å²) in [6, 6.07) is 37.0. The van der Waals surface area contributed by atoms with Crippen LogP contribution in [0, 0.1) is 0 Å². The number of nitrogens with one attached hydrogen (secondary N) is 1. The number of ether oxygens (including phenoxy) is 3. The smallest absolute Gasteiger partial charge is 0.255 e. The quantitative estimate of drug-likeness (QED) is 0.212. The zero-order valence-corrected chi connectivity index (χ0v) is 22.8. The van der Waals surface area contributed by atoms with Gasteiger partial charge in [0.25, 0.3) is 5.91 Å². The van der Waals surface area contributed by atoms with Crippen LogP contribution in [0.15, 0.2) is 115 Å². The van der Waals surface area contributed by atoms with Gasteiger partial charge in [0.05, 0.1) is 13.2 Å². The Labute approximate surface area is 240 Å². The van der Waals surface area contributed by atoms with E-state index in [1.807, 2.05) is 115 Å². The summed E-state index contributed by atoms with van der Waals surface area (Å²) >= 11 is 0. The van der Waals surface area contributed by atoms with Crippen molar-refractivity contribution in [3.05, 3.63) is 121 Å². The third-order valence-corrected chi connectivity index (χ3v) is 7.19. The number of nitrogens with zero attached hydrogens (tertiary/aromatic N) is 1. The normalized spacial score (nSPS) is 13.6. The van der Waals surface area contributed by atoms with Crippen LogP contribution in [0.3, 0.4) is 0 Å². The van der Waals surface area contributed by atoms with Crippen molar-refractivity contribution in [2.45, 2.75) is 0 Å². The Kier molecular flexibility index (Phi) is 8.22. The minimum atomic E-state index is -0.181. The van der Waals surface area contributed by atoms with Crippen LogP contribution in [0.1, 0.15) is 10.4 Å². The van der Waals surface area contributed by atoms with Crippen molar-refractivity contribution in [2.24, 2.45) is 0 Å². The highest BCUT2D eigenvalue weighted by Gasteiger charge is 2.15. The molecule has 6 rings (SSSR count). The van der Waals surface area contributed by atoms with E-state index < -0.39 is 0 Å². The molecule has 0 saturated carbocycles. The van der Waals surface area contributed by atoms with Crippen LogP contribution in [0.2, 0.25) is 0 Å². The Morgan fingerprint density at radius 1 is 0.756 bits per heavy atom. The van der Waals surface area contributed by atoms with Crippen molar-refractivity contribution in [1.82, 2.24) is 4.90 Å². The van der Waals surface area contributed by atoms with Gasteiger partial charge in [-0.05, 0) is 48.0 Å². The Hall–Kier alpha value is -4.65. The topological polar surface area (TPSA) is 60.0 Å². The van der Waals surface area contributed by atoms with Crippen LogP contribution in [0.4, 0.5) is 5.69 Å². The van der Waals surface area contributed by atoms with Gasteiger partial charge in [-0.3, -0.25) is 9.69 Å². The van der Waals surface area contributed by atoms with Gasteiger partial charge in [-0.2, -0.15) is 0 Å². The van der Waals surface area contributed by atoms with Crippen molar-refractivity contribution in [1.29, 1.82) is 0 Å². The maximum absolute atomic E-state index is 13.5. The van der Waals surface area contributed by atoms with E-state index in [2.05, 4.69) is 10.2 Å². The summed E-state index contributed by atoms with van der Waals surface area (Å²) in [5.41, 5.74) is 3.12. The number of anilines is 1. The molecule has 0 aromatic heterocycles. The van der Waals surface area contributed by atoms with Crippen molar-refractivity contribution in [2.75, 3.05) is 44.8 Å². The molecule has 41 heavy (non-hydrogen) atoms. The minimum absolute atomic E-state index is 0.181. The first-order chi connectivity index (χ1) is 20.2. The standard InChI is InChI=1S/C35H32N2O4/c38-35(27-10-8-9-26(25-27)29-13-6-7-16-34(29)41-28-11-2-1-3-12-28)36-32-17-18-33(31-15-5-4-14-30(31)32)40-24-21-37-19-22-39-23-20-37/h1-18,25H,19-24H2,(H,36,38). The van der Waals surface area contributed by atoms with Gasteiger partial charge in [0, 0.05) is 47.2 Å². The molecule has 5 aromatic carbocycles. The Morgan fingerprint density at radius 2 is 1.51 bits per heavy atom. The molecular weight excluding hydrogens is 512 g/mol. The fourth-order valence-electron chi connectivity index (χ4n) is 5.05. The van der Waals surface area contributed by atoms with E-state index in [9.17, 15) is 4.79 Å². The van der Waals surface area contributed by atoms with E-state index in [0.717, 1.165) is 77.7 Å². The van der Waals surface area contributed by atoms with Crippen LogP contribution >= 0.6 is 0 Å². The molecule has 0 aliphatic carbocycles. The predicted molar refractivity (Wildman–Crippen MR) is 163 cm³/mol. The highest BCUT2D eigenvalue weighted by molar-refractivity contribution is 6.10. The zero-order valence-electron chi connectivity index (χ0n) is 22.8. The second-order valence-electron chi connectivity index (χ2n) is 9.91. The summed E-state index contributed by atoms with van der Waals surface area (Å²) in [5.74, 6) is 2.11. The van der Waals surface area contributed by atoms with Gasteiger partial charge in [-0.1, -0.05) is 72.8 Å². The number of morpholine rings is 1. The van der Waals surface area contributed by atoms with E-state index in [4.69, 9.17) is 14.2 Å². The van der Waals surface area contributed by atoms with Crippen molar-refractivity contribution < 1.29 is 19.0 Å². The number of amides is 1. The number of fused-ring (bicyclic) bond motifs is 1. The maximum atomic E-state index is 13.5. The van der Waals surface area contributed by atoms with Gasteiger partial charge in [0.2, 0.25) is 0 Å². The molecule has 0 radical (unpaired) electrons. The molecule has 1 heterocycles. The molecule has 1 saturated heterocycles. The molecule has 6 nitrogen and oxygen atoms in total. The average Bonchev–Trinajstić information content (AvgIpc) is 3.03. The molecule has 1 fully saturated rings. The van der Waals surface area contributed by atoms with E-state index in [1.165, 1.54) is 0 Å². The number of hydrogen-bond acceptors (Lipinski definition) is 5. The fraction of sp³-hybridized carbons (Fsp3) is 0.171. The molecule has 1 aliphatic heterocycles. The maximum Gasteiger partial charge on any atom is 0.255 e. The molecular formula is C35H32N2O4. The van der Waals surface area contributed by atoms with Gasteiger partial charge in [0.15, 0.2) is 0 Å². The largest absolute Gasteiger partial charge is 0.492 e. The summed E-state index contributed by atoms with van der Waals surface area (Å²) in [6.45, 7) is 4.86. The monoisotopic (exact) mass is 544 g/mol. The molecule has 0 spiro atoms. The van der Waals surface area contributed by atoms with Crippen molar-refractivity contribution >= 4 is 22.4 Å². The Morgan fingerprint density at radius 3 is 2.37 bits per heavy atom. The van der Waals surface area contributed by atoms with E-state index >= 15 is 0 Å². The third kappa shape index (κ3) is 6.40. The van der Waals surface area contributed by atoms with Crippen LogP contribution in [0.5, 0.6) is 17.2 Å². The molecule has 206 valence electrons. The molecule has 0 bridgehead atoms. The lowest BCUT2D eigenvalue weighted by molar-refractivity contribution is 0.0323. The number of carbonyl (C=O) groups excluding carboxylic acids is 1. The summed E-state index contributed by atoms with van der Waals surface area (Å²) < 4.78 is 17.8. The molecule has 1 aliphatic rings. The second kappa shape index (κ2) is 12.7. The number of benzene rings is 5. The fourth-order valence-corrected chi connectivity index (χ4v) is 5.05. The zero-order chi connectivity index (χ0) is 27.9. The van der Waals surface area contributed by atoms with Crippen molar-refractivity contribution in [3.8, 4) is 28.4 Å². The highest BCUT2D eigenvalue weighted by Crippen LogP contribution is 2.35. The average molecular weight is 545 g/mol.